The molecule has 6 heteroatoms. The molecule has 2 amide bonds. The zero-order chi connectivity index (χ0) is 21.9. The molecule has 0 aliphatic carbocycles. The second kappa shape index (κ2) is 11.4. The molecule has 2 N–H and O–H groups in total. The van der Waals surface area contributed by atoms with Crippen molar-refractivity contribution in [1.29, 1.82) is 0 Å². The topological polar surface area (TPSA) is 76.7 Å². The number of ether oxygens (including phenoxy) is 2. The molecule has 0 bridgehead atoms. The van der Waals surface area contributed by atoms with Crippen LogP contribution in [0.15, 0.2) is 78.9 Å². The summed E-state index contributed by atoms with van der Waals surface area (Å²) in [5.74, 6) is 1.69. The lowest BCUT2D eigenvalue weighted by Crippen LogP contribution is -2.25. The predicted molar refractivity (Wildman–Crippen MR) is 121 cm³/mol. The molecule has 0 unspecified atom stereocenters. The minimum atomic E-state index is -0.143. The van der Waals surface area contributed by atoms with E-state index in [0.717, 1.165) is 5.75 Å². The van der Waals surface area contributed by atoms with Gasteiger partial charge in [-0.3, -0.25) is 9.59 Å². The molecule has 0 fully saturated rings. The van der Waals surface area contributed by atoms with Crippen LogP contribution in [0.1, 0.15) is 30.1 Å². The number of anilines is 1. The van der Waals surface area contributed by atoms with Gasteiger partial charge in [0.2, 0.25) is 5.91 Å². The van der Waals surface area contributed by atoms with Gasteiger partial charge in [-0.2, -0.15) is 0 Å². The lowest BCUT2D eigenvalue weighted by atomic mass is 10.2. The van der Waals surface area contributed by atoms with Gasteiger partial charge in [-0.25, -0.2) is 0 Å². The molecule has 3 rings (SSSR count). The Bertz CT molecular complexity index is 988. The number of amides is 2. The van der Waals surface area contributed by atoms with Crippen LogP contribution in [-0.4, -0.2) is 25.0 Å². The van der Waals surface area contributed by atoms with Crippen LogP contribution in [0.25, 0.3) is 0 Å². The van der Waals surface area contributed by atoms with Gasteiger partial charge in [0.05, 0.1) is 12.3 Å². The SMILES string of the molecule is CCOc1ccc(Oc2ccccc2NC(=O)CCCNC(=O)c2ccccc2)cc1. The highest BCUT2D eigenvalue weighted by Crippen LogP contribution is 2.30. The molecule has 0 saturated carbocycles. The summed E-state index contributed by atoms with van der Waals surface area (Å²) in [6.45, 7) is 2.96. The first-order valence-electron chi connectivity index (χ1n) is 10.3. The smallest absolute Gasteiger partial charge is 0.251 e. The summed E-state index contributed by atoms with van der Waals surface area (Å²) in [5.41, 5.74) is 1.20. The van der Waals surface area contributed by atoms with Crippen LogP contribution in [0.4, 0.5) is 5.69 Å². The number of nitrogens with one attached hydrogen (secondary N) is 2. The van der Waals surface area contributed by atoms with Crippen LogP contribution in [0, 0.1) is 0 Å². The van der Waals surface area contributed by atoms with Crippen LogP contribution >= 0.6 is 0 Å². The van der Waals surface area contributed by atoms with E-state index >= 15 is 0 Å². The van der Waals surface area contributed by atoms with Gasteiger partial charge in [0.25, 0.3) is 5.91 Å². The van der Waals surface area contributed by atoms with Crippen molar-refractivity contribution in [3.8, 4) is 17.2 Å². The van der Waals surface area contributed by atoms with Crippen LogP contribution in [0.5, 0.6) is 17.2 Å². The van der Waals surface area contributed by atoms with E-state index < -0.39 is 0 Å². The van der Waals surface area contributed by atoms with Crippen molar-refractivity contribution in [2.45, 2.75) is 19.8 Å². The number of para-hydroxylation sites is 2. The van der Waals surface area contributed by atoms with Gasteiger partial charge in [0.1, 0.15) is 11.5 Å². The Morgan fingerprint density at radius 2 is 1.52 bits per heavy atom. The molecule has 6 nitrogen and oxygen atoms in total. The molecule has 0 heterocycles. The van der Waals surface area contributed by atoms with E-state index in [-0.39, 0.29) is 18.2 Å². The summed E-state index contributed by atoms with van der Waals surface area (Å²) in [6.07, 6.45) is 0.818. The number of carbonyl (C=O) groups is 2. The molecule has 0 saturated heterocycles. The molecule has 160 valence electrons. The average molecular weight is 418 g/mol. The van der Waals surface area contributed by atoms with Crippen LogP contribution in [0.2, 0.25) is 0 Å². The van der Waals surface area contributed by atoms with E-state index in [1.165, 1.54) is 0 Å². The van der Waals surface area contributed by atoms with E-state index in [2.05, 4.69) is 10.6 Å². The van der Waals surface area contributed by atoms with Crippen molar-refractivity contribution in [1.82, 2.24) is 5.32 Å². The average Bonchev–Trinajstić information content (AvgIpc) is 2.80. The maximum absolute atomic E-state index is 12.4. The van der Waals surface area contributed by atoms with Gasteiger partial charge < -0.3 is 20.1 Å². The fourth-order valence-electron chi connectivity index (χ4n) is 2.91. The summed E-state index contributed by atoms with van der Waals surface area (Å²) in [5, 5.41) is 5.70. The first-order chi connectivity index (χ1) is 15.2. The van der Waals surface area contributed by atoms with Gasteiger partial charge in [-0.1, -0.05) is 30.3 Å². The van der Waals surface area contributed by atoms with Crippen molar-refractivity contribution < 1.29 is 19.1 Å². The molecule has 0 aliphatic rings. The molecule has 0 aromatic heterocycles. The van der Waals surface area contributed by atoms with E-state index in [4.69, 9.17) is 9.47 Å². The molecular weight excluding hydrogens is 392 g/mol. The quantitative estimate of drug-likeness (QED) is 0.453. The molecule has 31 heavy (non-hydrogen) atoms. The molecular formula is C25H26N2O4. The first-order valence-corrected chi connectivity index (χ1v) is 10.3. The van der Waals surface area contributed by atoms with Gasteiger partial charge in [-0.05, 0) is 61.9 Å². The number of hydrogen-bond donors (Lipinski definition) is 2. The second-order valence-electron chi connectivity index (χ2n) is 6.78. The molecule has 0 atom stereocenters. The fraction of sp³-hybridized carbons (Fsp3) is 0.200. The summed E-state index contributed by atoms with van der Waals surface area (Å²) < 4.78 is 11.4. The monoisotopic (exact) mass is 418 g/mol. The third-order valence-electron chi connectivity index (χ3n) is 4.43. The third-order valence-corrected chi connectivity index (χ3v) is 4.43. The Labute approximate surface area is 182 Å². The maximum Gasteiger partial charge on any atom is 0.251 e. The standard InChI is InChI=1S/C25H26N2O4/c1-2-30-20-14-16-21(17-15-20)31-23-12-7-6-11-22(23)27-24(28)13-8-18-26-25(29)19-9-4-3-5-10-19/h3-7,9-12,14-17H,2,8,13,18H2,1H3,(H,26,29)(H,27,28). The molecule has 0 spiro atoms. The Balaban J connectivity index is 1.48. The summed E-state index contributed by atoms with van der Waals surface area (Å²) in [4.78, 5) is 24.4. The lowest BCUT2D eigenvalue weighted by Gasteiger charge is -2.13. The fourth-order valence-corrected chi connectivity index (χ4v) is 2.91. The minimum Gasteiger partial charge on any atom is -0.494 e. The van der Waals surface area contributed by atoms with Gasteiger partial charge >= 0.3 is 0 Å². The normalized spacial score (nSPS) is 10.2. The van der Waals surface area contributed by atoms with Gasteiger partial charge in [0, 0.05) is 18.5 Å². The minimum absolute atomic E-state index is 0.142. The van der Waals surface area contributed by atoms with Gasteiger partial charge in [0.15, 0.2) is 5.75 Å². The Morgan fingerprint density at radius 1 is 0.839 bits per heavy atom. The highest BCUT2D eigenvalue weighted by Gasteiger charge is 2.09. The second-order valence-corrected chi connectivity index (χ2v) is 6.78. The van der Waals surface area contributed by atoms with Crippen molar-refractivity contribution in [3.63, 3.8) is 0 Å². The van der Waals surface area contributed by atoms with Crippen LogP contribution in [0.3, 0.4) is 0 Å². The maximum atomic E-state index is 12.4. The predicted octanol–water partition coefficient (Wildman–Crippen LogP) is 5.03. The van der Waals surface area contributed by atoms with Crippen molar-refractivity contribution >= 4 is 17.5 Å². The zero-order valence-corrected chi connectivity index (χ0v) is 17.5. The molecule has 3 aromatic rings. The summed E-state index contributed by atoms with van der Waals surface area (Å²) in [6, 6.07) is 23.6. The Kier molecular flexibility index (Phi) is 8.05. The van der Waals surface area contributed by atoms with E-state index in [9.17, 15) is 9.59 Å². The third kappa shape index (κ3) is 6.89. The number of benzene rings is 3. The van der Waals surface area contributed by atoms with E-state index in [1.807, 2.05) is 61.5 Å². The largest absolute Gasteiger partial charge is 0.494 e. The van der Waals surface area contributed by atoms with Crippen molar-refractivity contribution in [2.75, 3.05) is 18.5 Å². The number of carbonyl (C=O) groups excluding carboxylic acids is 2. The van der Waals surface area contributed by atoms with E-state index in [1.54, 1.807) is 24.3 Å². The summed E-state index contributed by atoms with van der Waals surface area (Å²) >= 11 is 0. The van der Waals surface area contributed by atoms with Crippen molar-refractivity contribution in [2.24, 2.45) is 0 Å². The van der Waals surface area contributed by atoms with Gasteiger partial charge in [-0.15, -0.1) is 0 Å². The number of rotatable bonds is 10. The first kappa shape index (κ1) is 21.9. The van der Waals surface area contributed by atoms with Crippen LogP contribution in [-0.2, 0) is 4.79 Å². The Morgan fingerprint density at radius 3 is 2.26 bits per heavy atom. The highest BCUT2D eigenvalue weighted by atomic mass is 16.5. The number of hydrogen-bond acceptors (Lipinski definition) is 4. The molecule has 0 radical (unpaired) electrons. The van der Waals surface area contributed by atoms with Crippen LogP contribution < -0.4 is 20.1 Å². The zero-order valence-electron chi connectivity index (χ0n) is 17.5. The van der Waals surface area contributed by atoms with Crippen molar-refractivity contribution in [3.05, 3.63) is 84.4 Å². The highest BCUT2D eigenvalue weighted by molar-refractivity contribution is 5.94. The van der Waals surface area contributed by atoms with E-state index in [0.29, 0.717) is 42.3 Å². The Hall–Kier alpha value is -3.80. The summed E-state index contributed by atoms with van der Waals surface area (Å²) in [7, 11) is 0. The molecule has 0 aliphatic heterocycles. The molecule has 3 aromatic carbocycles. The lowest BCUT2D eigenvalue weighted by molar-refractivity contribution is -0.116.